The molecule has 4 rings (SSSR count). The lowest BCUT2D eigenvalue weighted by Crippen LogP contribution is -2.62. The Balaban J connectivity index is 1.74. The molecule has 7 atom stereocenters. The van der Waals surface area contributed by atoms with Gasteiger partial charge in [0.05, 0.1) is 12.7 Å². The number of hydrogen-bond acceptors (Lipinski definition) is 7. The summed E-state index contributed by atoms with van der Waals surface area (Å²) in [5.74, 6) is -0.639. The number of allylic oxidation sites excluding steroid dienone is 4. The fraction of sp³-hybridized carbons (Fsp3) is 0.708. The van der Waals surface area contributed by atoms with Gasteiger partial charge in [-0.1, -0.05) is 43.2 Å². The zero-order valence-electron chi connectivity index (χ0n) is 18.8. The van der Waals surface area contributed by atoms with Crippen LogP contribution in [-0.2, 0) is 23.8 Å². The summed E-state index contributed by atoms with van der Waals surface area (Å²) in [6.45, 7) is 5.77. The first-order valence-corrected chi connectivity index (χ1v) is 11.8. The molecule has 2 saturated carbocycles. The molecule has 7 nitrogen and oxygen atoms in total. The van der Waals surface area contributed by atoms with E-state index in [2.05, 4.69) is 13.0 Å². The topological polar surface area (TPSA) is 99.1 Å². The Bertz CT molecular complexity index is 882. The lowest BCUT2D eigenvalue weighted by Gasteiger charge is -2.58. The predicted octanol–water partition coefficient (Wildman–Crippen LogP) is 3.92. The van der Waals surface area contributed by atoms with E-state index >= 15 is 0 Å². The van der Waals surface area contributed by atoms with Crippen LogP contribution in [0.3, 0.4) is 0 Å². The number of aliphatic hydroxyl groups excluding tert-OH is 1. The highest BCUT2D eigenvalue weighted by Gasteiger charge is 2.71. The smallest absolute Gasteiger partial charge is 0.446 e. The van der Waals surface area contributed by atoms with E-state index in [0.717, 1.165) is 5.57 Å². The van der Waals surface area contributed by atoms with Crippen LogP contribution in [0.15, 0.2) is 23.8 Å². The largest absolute Gasteiger partial charge is 0.509 e. The lowest BCUT2D eigenvalue weighted by atomic mass is 9.47. The van der Waals surface area contributed by atoms with Gasteiger partial charge in [0.1, 0.15) is 0 Å². The van der Waals surface area contributed by atoms with Crippen LogP contribution >= 0.6 is 11.6 Å². The van der Waals surface area contributed by atoms with Gasteiger partial charge in [-0.15, -0.1) is 0 Å². The van der Waals surface area contributed by atoms with E-state index in [4.69, 9.17) is 25.8 Å². The van der Waals surface area contributed by atoms with Gasteiger partial charge >= 0.3 is 12.1 Å². The van der Waals surface area contributed by atoms with E-state index in [-0.39, 0.29) is 49.1 Å². The molecule has 4 aliphatic rings. The minimum atomic E-state index is -1.58. The highest BCUT2D eigenvalue weighted by molar-refractivity contribution is 6.17. The maximum Gasteiger partial charge on any atom is 0.509 e. The average Bonchev–Trinajstić information content (AvgIpc) is 3.01. The maximum atomic E-state index is 13.2. The number of rotatable bonds is 4. The molecule has 1 N–H and O–H groups in total. The van der Waals surface area contributed by atoms with E-state index in [0.29, 0.717) is 19.3 Å². The summed E-state index contributed by atoms with van der Waals surface area (Å²) in [5, 5.41) is 11.5. The van der Waals surface area contributed by atoms with Crippen LogP contribution in [0.2, 0.25) is 0 Å². The zero-order valence-corrected chi connectivity index (χ0v) is 19.5. The van der Waals surface area contributed by atoms with Gasteiger partial charge in [-0.05, 0) is 50.5 Å². The van der Waals surface area contributed by atoms with Crippen molar-refractivity contribution in [3.8, 4) is 0 Å². The highest BCUT2D eigenvalue weighted by Crippen LogP contribution is 2.67. The van der Waals surface area contributed by atoms with Gasteiger partial charge in [0.2, 0.25) is 5.60 Å². The number of alkyl halides is 1. The summed E-state index contributed by atoms with van der Waals surface area (Å²) < 4.78 is 15.9. The molecule has 0 aromatic carbocycles. The van der Waals surface area contributed by atoms with Gasteiger partial charge in [-0.3, -0.25) is 4.79 Å². The van der Waals surface area contributed by atoms with Crippen molar-refractivity contribution in [2.45, 2.75) is 64.6 Å². The zero-order chi connectivity index (χ0) is 23.3. The second-order valence-electron chi connectivity index (χ2n) is 9.90. The molecule has 0 saturated heterocycles. The van der Waals surface area contributed by atoms with Crippen LogP contribution in [0.25, 0.3) is 0 Å². The standard InChI is InChI=1S/C24H31ClO7/c1-4-30-21(29)32-24(20(28)31-13-25)10-8-17-16-6-5-14-11-15(26)7-9-22(14,2)19(16)18(27)12-23(17,24)3/h5,7,9,16-19,27H,4,6,8,10-13H2,1-3H3/t16?,17?,18?,19?,22?,23?,24-/m0/s1. The summed E-state index contributed by atoms with van der Waals surface area (Å²) in [7, 11) is 0. The van der Waals surface area contributed by atoms with E-state index in [1.54, 1.807) is 13.0 Å². The van der Waals surface area contributed by atoms with Gasteiger partial charge in [0, 0.05) is 23.2 Å². The summed E-state index contributed by atoms with van der Waals surface area (Å²) in [5.41, 5.74) is -1.78. The minimum absolute atomic E-state index is 0.00820. The van der Waals surface area contributed by atoms with E-state index in [1.807, 2.05) is 13.0 Å². The Kier molecular flexibility index (Phi) is 5.95. The molecular weight excluding hydrogens is 436 g/mol. The quantitative estimate of drug-likeness (QED) is 0.381. The van der Waals surface area contributed by atoms with Gasteiger partial charge < -0.3 is 19.3 Å². The Hall–Kier alpha value is -1.86. The molecule has 6 unspecified atom stereocenters. The van der Waals surface area contributed by atoms with Crippen molar-refractivity contribution in [1.82, 2.24) is 0 Å². The molecule has 0 radical (unpaired) electrons. The molecule has 0 aromatic heterocycles. The number of carbonyl (C=O) groups is 3. The number of fused-ring (bicyclic) bond motifs is 5. The molecule has 0 amide bonds. The second-order valence-corrected chi connectivity index (χ2v) is 10.1. The van der Waals surface area contributed by atoms with Crippen molar-refractivity contribution in [2.75, 3.05) is 12.7 Å². The van der Waals surface area contributed by atoms with Crippen molar-refractivity contribution >= 4 is 29.5 Å². The lowest BCUT2D eigenvalue weighted by molar-refractivity contribution is -0.198. The molecular formula is C24H31ClO7. The van der Waals surface area contributed by atoms with Crippen LogP contribution < -0.4 is 0 Å². The molecule has 0 spiro atoms. The first-order chi connectivity index (χ1) is 15.1. The van der Waals surface area contributed by atoms with Crippen molar-refractivity contribution in [2.24, 2.45) is 28.6 Å². The molecule has 32 heavy (non-hydrogen) atoms. The number of ether oxygens (including phenoxy) is 3. The van der Waals surface area contributed by atoms with E-state index in [1.165, 1.54) is 0 Å². The third-order valence-corrected chi connectivity index (χ3v) is 8.72. The van der Waals surface area contributed by atoms with Crippen molar-refractivity contribution < 1.29 is 33.7 Å². The average molecular weight is 467 g/mol. The summed E-state index contributed by atoms with van der Waals surface area (Å²) in [4.78, 5) is 37.5. The fourth-order valence-corrected chi connectivity index (χ4v) is 7.32. The Labute approximate surface area is 193 Å². The van der Waals surface area contributed by atoms with Crippen LogP contribution in [0.5, 0.6) is 0 Å². The number of ketones is 1. The third kappa shape index (κ3) is 3.23. The van der Waals surface area contributed by atoms with Crippen LogP contribution in [0, 0.1) is 28.6 Å². The second kappa shape index (κ2) is 8.17. The summed E-state index contributed by atoms with van der Waals surface area (Å²) in [6.07, 6.45) is 6.28. The van der Waals surface area contributed by atoms with Crippen molar-refractivity contribution in [3.63, 3.8) is 0 Å². The highest BCUT2D eigenvalue weighted by atomic mass is 35.5. The minimum Gasteiger partial charge on any atom is -0.446 e. The Morgan fingerprint density at radius 2 is 2.03 bits per heavy atom. The van der Waals surface area contributed by atoms with Gasteiger partial charge in [-0.2, -0.15) is 0 Å². The van der Waals surface area contributed by atoms with E-state index < -0.39 is 34.7 Å². The molecule has 0 heterocycles. The molecule has 4 aliphatic carbocycles. The Morgan fingerprint density at radius 3 is 2.72 bits per heavy atom. The van der Waals surface area contributed by atoms with Crippen LogP contribution in [-0.4, -0.2) is 47.4 Å². The summed E-state index contributed by atoms with van der Waals surface area (Å²) >= 11 is 5.69. The predicted molar refractivity (Wildman–Crippen MR) is 116 cm³/mol. The molecule has 2 fully saturated rings. The van der Waals surface area contributed by atoms with Crippen molar-refractivity contribution in [3.05, 3.63) is 23.8 Å². The number of hydrogen-bond donors (Lipinski definition) is 1. The molecule has 0 bridgehead atoms. The van der Waals surface area contributed by atoms with Crippen LogP contribution in [0.1, 0.15) is 52.9 Å². The SMILES string of the molecule is CCOC(=O)O[C@]1(C(=O)OCCl)CCC2C3CC=C4CC(=O)C=CC4(C)C3C(O)CC21C. The Morgan fingerprint density at radius 1 is 1.28 bits per heavy atom. The van der Waals surface area contributed by atoms with Gasteiger partial charge in [0.15, 0.2) is 11.8 Å². The number of carbonyl (C=O) groups excluding carboxylic acids is 3. The number of aliphatic hydroxyl groups is 1. The molecule has 0 aliphatic heterocycles. The van der Waals surface area contributed by atoms with E-state index in [9.17, 15) is 19.5 Å². The molecule has 8 heteroatoms. The summed E-state index contributed by atoms with van der Waals surface area (Å²) in [6, 6.07) is -0.356. The normalized spacial score (nSPS) is 42.3. The fourth-order valence-electron chi connectivity index (χ4n) is 7.22. The van der Waals surface area contributed by atoms with Crippen molar-refractivity contribution in [1.29, 1.82) is 0 Å². The number of esters is 1. The monoisotopic (exact) mass is 466 g/mol. The molecule has 176 valence electrons. The van der Waals surface area contributed by atoms with Gasteiger partial charge in [0.25, 0.3) is 0 Å². The van der Waals surface area contributed by atoms with Crippen LogP contribution in [0.4, 0.5) is 4.79 Å². The van der Waals surface area contributed by atoms with Gasteiger partial charge in [-0.25, -0.2) is 9.59 Å². The number of halogens is 1. The first-order valence-electron chi connectivity index (χ1n) is 11.3. The maximum absolute atomic E-state index is 13.2. The first kappa shape index (κ1) is 23.3. The third-order valence-electron chi connectivity index (χ3n) is 8.61. The molecule has 0 aromatic rings.